The zero-order valence-electron chi connectivity index (χ0n) is 25.6. The molecule has 0 N–H and O–H groups in total. The summed E-state index contributed by atoms with van der Waals surface area (Å²) < 4.78 is 40.9. The van der Waals surface area contributed by atoms with E-state index in [2.05, 4.69) is 5.16 Å². The van der Waals surface area contributed by atoms with Gasteiger partial charge in [-0.2, -0.15) is 0 Å². The summed E-state index contributed by atoms with van der Waals surface area (Å²) in [6, 6.07) is 27.3. The Labute approximate surface area is 261 Å². The maximum atomic E-state index is 13.6. The lowest BCUT2D eigenvalue weighted by atomic mass is 10.1. The van der Waals surface area contributed by atoms with E-state index in [0.29, 0.717) is 11.1 Å². The van der Waals surface area contributed by atoms with E-state index in [0.717, 1.165) is 5.56 Å². The van der Waals surface area contributed by atoms with E-state index in [-0.39, 0.29) is 12.3 Å². The fraction of sp³-hybridized carbons (Fsp3) is 0.382. The third-order valence-electron chi connectivity index (χ3n) is 7.26. The third kappa shape index (κ3) is 7.94. The fourth-order valence-corrected chi connectivity index (χ4v) is 5.17. The number of ether oxygens (including phenoxy) is 7. The molecule has 0 bridgehead atoms. The number of benzene rings is 3. The molecule has 11 nitrogen and oxygen atoms in total. The highest BCUT2D eigenvalue weighted by molar-refractivity contribution is 5.95. The van der Waals surface area contributed by atoms with Crippen molar-refractivity contribution in [2.45, 2.75) is 63.1 Å². The van der Waals surface area contributed by atoms with Gasteiger partial charge in [-0.3, -0.25) is 0 Å². The zero-order valence-corrected chi connectivity index (χ0v) is 25.6. The van der Waals surface area contributed by atoms with Crippen molar-refractivity contribution in [2.75, 3.05) is 20.8 Å². The maximum absolute atomic E-state index is 13.6. The Morgan fingerprint density at radius 1 is 0.800 bits per heavy atom. The lowest BCUT2D eigenvalue weighted by Gasteiger charge is -2.28. The smallest absolute Gasteiger partial charge is 0.340 e. The zero-order chi connectivity index (χ0) is 31.8. The summed E-state index contributed by atoms with van der Waals surface area (Å²) in [6.07, 6.45) is -5.92. The molecule has 2 aliphatic rings. The maximum Gasteiger partial charge on any atom is 0.340 e. The van der Waals surface area contributed by atoms with Crippen molar-refractivity contribution >= 4 is 17.7 Å². The van der Waals surface area contributed by atoms with Gasteiger partial charge in [0.05, 0.1) is 0 Å². The summed E-state index contributed by atoms with van der Waals surface area (Å²) in [5.74, 6) is -2.36. The molecule has 2 fully saturated rings. The van der Waals surface area contributed by atoms with Gasteiger partial charge in [0.2, 0.25) is 0 Å². The topological polar surface area (TPSA) is 120 Å². The number of carbonyl (C=O) groups excluding carboxylic acids is 2. The van der Waals surface area contributed by atoms with Crippen LogP contribution in [-0.4, -0.2) is 68.9 Å². The number of carbonyl (C=O) groups is 2. The van der Waals surface area contributed by atoms with Gasteiger partial charge in [-0.25, -0.2) is 9.59 Å². The first-order chi connectivity index (χ1) is 21.8. The number of methoxy groups -OCH3 is 2. The van der Waals surface area contributed by atoms with Crippen molar-refractivity contribution < 1.29 is 47.6 Å². The van der Waals surface area contributed by atoms with Gasteiger partial charge in [0, 0.05) is 14.2 Å². The van der Waals surface area contributed by atoms with Crippen LogP contribution in [0, 0.1) is 0 Å². The molecule has 0 radical (unpaired) electrons. The lowest BCUT2D eigenvalue weighted by Crippen LogP contribution is -2.44. The van der Waals surface area contributed by atoms with Crippen LogP contribution in [-0.2, 0) is 54.2 Å². The minimum atomic E-state index is -1.18. The monoisotopic (exact) mass is 619 g/mol. The summed E-state index contributed by atoms with van der Waals surface area (Å²) in [5.41, 5.74) is 2.37. The molecule has 2 saturated heterocycles. The Balaban J connectivity index is 1.41. The van der Waals surface area contributed by atoms with Crippen molar-refractivity contribution in [1.82, 2.24) is 0 Å². The van der Waals surface area contributed by atoms with Gasteiger partial charge in [0.15, 0.2) is 36.5 Å². The van der Waals surface area contributed by atoms with Crippen LogP contribution in [0.2, 0.25) is 0 Å². The van der Waals surface area contributed by atoms with Crippen LogP contribution >= 0.6 is 0 Å². The normalized spacial score (nSPS) is 23.1. The quantitative estimate of drug-likeness (QED) is 0.197. The van der Waals surface area contributed by atoms with E-state index in [1.54, 1.807) is 62.4 Å². The van der Waals surface area contributed by atoms with E-state index < -0.39 is 61.1 Å². The highest BCUT2D eigenvalue weighted by Gasteiger charge is 2.56. The molecular weight excluding hydrogens is 582 g/mol. The molecule has 5 rings (SSSR count). The minimum absolute atomic E-state index is 0.171. The summed E-state index contributed by atoms with van der Waals surface area (Å²) in [7, 11) is 2.81. The van der Waals surface area contributed by atoms with Gasteiger partial charge < -0.3 is 38.0 Å². The van der Waals surface area contributed by atoms with Crippen LogP contribution in [0.4, 0.5) is 0 Å². The van der Waals surface area contributed by atoms with Gasteiger partial charge >= 0.3 is 11.9 Å². The molecule has 3 aromatic carbocycles. The molecule has 238 valence electrons. The Bertz CT molecular complexity index is 1430. The van der Waals surface area contributed by atoms with Gasteiger partial charge in [0.1, 0.15) is 25.0 Å². The molecule has 2 heterocycles. The molecule has 0 spiro atoms. The Morgan fingerprint density at radius 2 is 1.36 bits per heavy atom. The molecule has 6 atom stereocenters. The fourth-order valence-electron chi connectivity index (χ4n) is 5.17. The first-order valence-electron chi connectivity index (χ1n) is 14.6. The van der Waals surface area contributed by atoms with E-state index >= 15 is 0 Å². The molecule has 45 heavy (non-hydrogen) atoms. The molecule has 1 unspecified atom stereocenters. The molecule has 11 heteroatoms. The second kappa shape index (κ2) is 14.8. The predicted molar refractivity (Wildman–Crippen MR) is 161 cm³/mol. The summed E-state index contributed by atoms with van der Waals surface area (Å²) >= 11 is 0. The van der Waals surface area contributed by atoms with Gasteiger partial charge in [0.25, 0.3) is 0 Å². The Hall–Kier alpha value is -4.13. The van der Waals surface area contributed by atoms with E-state index in [1.165, 1.54) is 14.2 Å². The number of oxime groups is 1. The molecule has 0 aromatic heterocycles. The minimum Gasteiger partial charge on any atom is -0.459 e. The van der Waals surface area contributed by atoms with Crippen LogP contribution in [0.3, 0.4) is 0 Å². The molecule has 0 amide bonds. The molecular formula is C34H37NO10. The number of hydrogen-bond donors (Lipinski definition) is 0. The average Bonchev–Trinajstić information content (AvgIpc) is 3.53. The SMILES string of the molecule is CO[C@@H](C(=O)OC[C@@H](OC(=O)[C@H](OC)c1ccccc1)C1O[C@@H]2OC(C)(C)O[C@@H]2/C1=N/OCc1ccccc1)c1ccccc1. The molecule has 2 aliphatic heterocycles. The second-order valence-corrected chi connectivity index (χ2v) is 10.9. The van der Waals surface area contributed by atoms with E-state index in [9.17, 15) is 9.59 Å². The Kier molecular flexibility index (Phi) is 10.6. The van der Waals surface area contributed by atoms with E-state index in [4.69, 9.17) is 38.0 Å². The third-order valence-corrected chi connectivity index (χ3v) is 7.26. The van der Waals surface area contributed by atoms with Gasteiger partial charge in [-0.05, 0) is 30.5 Å². The molecule has 0 saturated carbocycles. The summed E-state index contributed by atoms with van der Waals surface area (Å²) in [4.78, 5) is 32.5. The van der Waals surface area contributed by atoms with Crippen molar-refractivity contribution in [3.63, 3.8) is 0 Å². The van der Waals surface area contributed by atoms with Crippen LogP contribution in [0.5, 0.6) is 0 Å². The standard InChI is InChI=1S/C34H37NO10/c1-34(2)44-30-26(35-41-20-22-14-8-5-9-15-22)29(43-33(30)45-34)25(42-32(37)28(39-4)24-18-12-7-13-19-24)21-40-31(36)27(38-3)23-16-10-6-11-17-23/h5-19,25,27-30,33H,20-21H2,1-4H3/b35-26+/t25-,27-,28-,29?,30-,33-/m1/s1. The van der Waals surface area contributed by atoms with Crippen molar-refractivity contribution in [3.05, 3.63) is 108 Å². The van der Waals surface area contributed by atoms with Crippen molar-refractivity contribution in [1.29, 1.82) is 0 Å². The highest BCUT2D eigenvalue weighted by atomic mass is 16.8. The summed E-state index contributed by atoms with van der Waals surface area (Å²) in [6.45, 7) is 3.28. The van der Waals surface area contributed by atoms with Crippen LogP contribution in [0.25, 0.3) is 0 Å². The van der Waals surface area contributed by atoms with Crippen molar-refractivity contribution in [3.8, 4) is 0 Å². The summed E-state index contributed by atoms with van der Waals surface area (Å²) in [5, 5.41) is 4.38. The largest absolute Gasteiger partial charge is 0.459 e. The molecule has 0 aliphatic carbocycles. The van der Waals surface area contributed by atoms with Crippen LogP contribution in [0.15, 0.2) is 96.2 Å². The predicted octanol–water partition coefficient (Wildman–Crippen LogP) is 4.67. The number of fused-ring (bicyclic) bond motifs is 1. The van der Waals surface area contributed by atoms with Crippen LogP contribution in [0.1, 0.15) is 42.7 Å². The van der Waals surface area contributed by atoms with Crippen LogP contribution < -0.4 is 0 Å². The first-order valence-corrected chi connectivity index (χ1v) is 14.6. The van der Waals surface area contributed by atoms with Crippen molar-refractivity contribution in [2.24, 2.45) is 5.16 Å². The second-order valence-electron chi connectivity index (χ2n) is 10.9. The number of esters is 2. The first kappa shape index (κ1) is 32.3. The van der Waals surface area contributed by atoms with E-state index in [1.807, 2.05) is 42.5 Å². The lowest BCUT2D eigenvalue weighted by molar-refractivity contribution is -0.213. The Morgan fingerprint density at radius 3 is 1.93 bits per heavy atom. The number of nitrogens with zero attached hydrogens (tertiary/aromatic N) is 1. The number of rotatable bonds is 13. The van der Waals surface area contributed by atoms with Gasteiger partial charge in [-0.1, -0.05) is 96.2 Å². The highest BCUT2D eigenvalue weighted by Crippen LogP contribution is 2.38. The average molecular weight is 620 g/mol. The number of hydrogen-bond acceptors (Lipinski definition) is 11. The molecule has 3 aromatic rings. The van der Waals surface area contributed by atoms with Gasteiger partial charge in [-0.15, -0.1) is 0 Å².